The topological polar surface area (TPSA) is 52.0 Å². The van der Waals surface area contributed by atoms with Gasteiger partial charge in [-0.05, 0) is 34.0 Å². The lowest BCUT2D eigenvalue weighted by Crippen LogP contribution is -1.95. The molecule has 0 aliphatic rings. The van der Waals surface area contributed by atoms with Crippen molar-refractivity contribution in [3.8, 4) is 0 Å². The standard InChI is InChI=1S/C10H9IN2/c11-10-7-4-2-1-3-6(7)8(12)5-9(10)13/h1-5H,12-13H2. The number of anilines is 2. The molecule has 0 unspecified atom stereocenters. The van der Waals surface area contributed by atoms with Crippen LogP contribution >= 0.6 is 22.6 Å². The Labute approximate surface area is 90.1 Å². The molecule has 0 saturated heterocycles. The van der Waals surface area contributed by atoms with Crippen molar-refractivity contribution in [3.05, 3.63) is 33.9 Å². The first-order valence-corrected chi connectivity index (χ1v) is 5.00. The predicted octanol–water partition coefficient (Wildman–Crippen LogP) is 2.61. The minimum absolute atomic E-state index is 0.744. The van der Waals surface area contributed by atoms with Gasteiger partial charge in [-0.2, -0.15) is 0 Å². The molecule has 66 valence electrons. The number of hydrogen-bond acceptors (Lipinski definition) is 2. The van der Waals surface area contributed by atoms with Gasteiger partial charge in [0.2, 0.25) is 0 Å². The maximum absolute atomic E-state index is 5.84. The van der Waals surface area contributed by atoms with Crippen molar-refractivity contribution in [3.63, 3.8) is 0 Å². The normalized spacial score (nSPS) is 10.5. The SMILES string of the molecule is Nc1cc(N)c2ccccc2c1I. The second-order valence-electron chi connectivity index (χ2n) is 2.91. The first-order valence-electron chi connectivity index (χ1n) is 3.92. The summed E-state index contributed by atoms with van der Waals surface area (Å²) in [5, 5.41) is 2.20. The van der Waals surface area contributed by atoms with E-state index >= 15 is 0 Å². The quantitative estimate of drug-likeness (QED) is 0.577. The molecule has 0 atom stereocenters. The fourth-order valence-electron chi connectivity index (χ4n) is 1.39. The molecule has 13 heavy (non-hydrogen) atoms. The van der Waals surface area contributed by atoms with E-state index in [0.717, 1.165) is 25.7 Å². The van der Waals surface area contributed by atoms with Gasteiger partial charge in [0.05, 0.1) is 0 Å². The highest BCUT2D eigenvalue weighted by Gasteiger charge is 2.04. The zero-order chi connectivity index (χ0) is 9.42. The number of nitrogens with two attached hydrogens (primary N) is 2. The Bertz CT molecular complexity index is 466. The minimum Gasteiger partial charge on any atom is -0.398 e. The van der Waals surface area contributed by atoms with Crippen molar-refractivity contribution in [2.75, 3.05) is 11.5 Å². The molecular weight excluding hydrogens is 275 g/mol. The summed E-state index contributed by atoms with van der Waals surface area (Å²) in [5.41, 5.74) is 13.1. The van der Waals surface area contributed by atoms with Gasteiger partial charge in [0.25, 0.3) is 0 Å². The number of rotatable bonds is 0. The van der Waals surface area contributed by atoms with Gasteiger partial charge in [-0.25, -0.2) is 0 Å². The molecule has 0 saturated carbocycles. The van der Waals surface area contributed by atoms with Crippen LogP contribution in [-0.4, -0.2) is 0 Å². The molecule has 2 aromatic carbocycles. The van der Waals surface area contributed by atoms with Gasteiger partial charge in [-0.1, -0.05) is 24.3 Å². The first-order chi connectivity index (χ1) is 6.20. The van der Waals surface area contributed by atoms with E-state index in [1.165, 1.54) is 0 Å². The van der Waals surface area contributed by atoms with E-state index in [2.05, 4.69) is 22.6 Å². The lowest BCUT2D eigenvalue weighted by molar-refractivity contribution is 1.67. The summed E-state index contributed by atoms with van der Waals surface area (Å²) in [4.78, 5) is 0. The summed E-state index contributed by atoms with van der Waals surface area (Å²) in [6.07, 6.45) is 0. The van der Waals surface area contributed by atoms with Gasteiger partial charge >= 0.3 is 0 Å². The average Bonchev–Trinajstić information content (AvgIpc) is 2.15. The molecule has 0 spiro atoms. The molecule has 2 aromatic rings. The van der Waals surface area contributed by atoms with E-state index in [0.29, 0.717) is 0 Å². The maximum atomic E-state index is 5.84. The van der Waals surface area contributed by atoms with Gasteiger partial charge < -0.3 is 11.5 Å². The van der Waals surface area contributed by atoms with Crippen molar-refractivity contribution in [2.24, 2.45) is 0 Å². The van der Waals surface area contributed by atoms with Crippen LogP contribution in [0.4, 0.5) is 11.4 Å². The Balaban J connectivity index is 2.97. The second kappa shape index (κ2) is 3.06. The summed E-state index contributed by atoms with van der Waals surface area (Å²) >= 11 is 2.24. The monoisotopic (exact) mass is 284 g/mol. The van der Waals surface area contributed by atoms with E-state index in [1.54, 1.807) is 0 Å². The Morgan fingerprint density at radius 1 is 0.923 bits per heavy atom. The Morgan fingerprint density at radius 3 is 2.23 bits per heavy atom. The number of nitrogen functional groups attached to an aromatic ring is 2. The predicted molar refractivity (Wildman–Crippen MR) is 65.5 cm³/mol. The fraction of sp³-hybridized carbons (Fsp3) is 0. The molecule has 0 fully saturated rings. The van der Waals surface area contributed by atoms with Gasteiger partial charge in [0.1, 0.15) is 0 Å². The molecule has 2 rings (SSSR count). The van der Waals surface area contributed by atoms with Crippen LogP contribution in [0.5, 0.6) is 0 Å². The molecule has 0 heterocycles. The Morgan fingerprint density at radius 2 is 1.54 bits per heavy atom. The zero-order valence-electron chi connectivity index (χ0n) is 6.92. The molecule has 3 heteroatoms. The zero-order valence-corrected chi connectivity index (χ0v) is 9.08. The molecule has 0 radical (unpaired) electrons. The number of benzene rings is 2. The van der Waals surface area contributed by atoms with Crippen LogP contribution in [-0.2, 0) is 0 Å². The van der Waals surface area contributed by atoms with Gasteiger partial charge in [0.15, 0.2) is 0 Å². The van der Waals surface area contributed by atoms with Crippen molar-refractivity contribution >= 4 is 44.7 Å². The number of halogens is 1. The second-order valence-corrected chi connectivity index (χ2v) is 3.99. The van der Waals surface area contributed by atoms with Crippen LogP contribution in [0.2, 0.25) is 0 Å². The molecule has 0 aliphatic carbocycles. The van der Waals surface area contributed by atoms with Crippen LogP contribution in [0.3, 0.4) is 0 Å². The number of fused-ring (bicyclic) bond motifs is 1. The van der Waals surface area contributed by atoms with Gasteiger partial charge in [0, 0.05) is 20.3 Å². The summed E-state index contributed by atoms with van der Waals surface area (Å²) in [7, 11) is 0. The average molecular weight is 284 g/mol. The highest BCUT2D eigenvalue weighted by molar-refractivity contribution is 14.1. The highest BCUT2D eigenvalue weighted by atomic mass is 127. The summed E-state index contributed by atoms with van der Waals surface area (Å²) in [6.45, 7) is 0. The van der Waals surface area contributed by atoms with Crippen molar-refractivity contribution in [2.45, 2.75) is 0 Å². The fourth-order valence-corrected chi connectivity index (χ4v) is 2.02. The van der Waals surface area contributed by atoms with Gasteiger partial charge in [-0.15, -0.1) is 0 Å². The number of hydrogen-bond donors (Lipinski definition) is 2. The molecule has 2 nitrogen and oxygen atoms in total. The third-order valence-corrected chi connectivity index (χ3v) is 3.24. The summed E-state index contributed by atoms with van der Waals surface area (Å²) in [6, 6.07) is 9.81. The molecule has 0 aliphatic heterocycles. The smallest absolute Gasteiger partial charge is 0.0476 e. The van der Waals surface area contributed by atoms with Crippen LogP contribution in [0.1, 0.15) is 0 Å². The first kappa shape index (κ1) is 8.62. The lowest BCUT2D eigenvalue weighted by atomic mass is 10.1. The van der Waals surface area contributed by atoms with E-state index in [4.69, 9.17) is 11.5 Å². The molecule has 4 N–H and O–H groups in total. The summed E-state index contributed by atoms with van der Waals surface area (Å²) in [5.74, 6) is 0. The third kappa shape index (κ3) is 1.33. The summed E-state index contributed by atoms with van der Waals surface area (Å²) < 4.78 is 1.07. The van der Waals surface area contributed by atoms with Crippen molar-refractivity contribution in [1.82, 2.24) is 0 Å². The van der Waals surface area contributed by atoms with E-state index in [-0.39, 0.29) is 0 Å². The molecular formula is C10H9IN2. The minimum atomic E-state index is 0.744. The molecule has 0 aromatic heterocycles. The molecule has 0 bridgehead atoms. The van der Waals surface area contributed by atoms with Crippen molar-refractivity contribution in [1.29, 1.82) is 0 Å². The Hall–Kier alpha value is -0.970. The van der Waals surface area contributed by atoms with Crippen molar-refractivity contribution < 1.29 is 0 Å². The Kier molecular flexibility index (Phi) is 2.03. The van der Waals surface area contributed by atoms with Crippen LogP contribution < -0.4 is 11.5 Å². The highest BCUT2D eigenvalue weighted by Crippen LogP contribution is 2.30. The van der Waals surface area contributed by atoms with E-state index < -0.39 is 0 Å². The van der Waals surface area contributed by atoms with E-state index in [9.17, 15) is 0 Å². The lowest BCUT2D eigenvalue weighted by Gasteiger charge is -2.06. The maximum Gasteiger partial charge on any atom is 0.0476 e. The van der Waals surface area contributed by atoms with E-state index in [1.807, 2.05) is 30.3 Å². The van der Waals surface area contributed by atoms with Crippen LogP contribution in [0.25, 0.3) is 10.8 Å². The van der Waals surface area contributed by atoms with Gasteiger partial charge in [-0.3, -0.25) is 0 Å². The van der Waals surface area contributed by atoms with Crippen LogP contribution in [0.15, 0.2) is 30.3 Å². The van der Waals surface area contributed by atoms with Crippen LogP contribution in [0, 0.1) is 3.57 Å². The molecule has 0 amide bonds. The third-order valence-electron chi connectivity index (χ3n) is 2.04. The largest absolute Gasteiger partial charge is 0.398 e.